The molecule has 3 heterocycles. The molecule has 1 atom stereocenters. The molecule has 2 N–H and O–H groups in total. The molecule has 0 spiro atoms. The second-order valence-electron chi connectivity index (χ2n) is 11.1. The number of likely N-dealkylation sites (tertiary alicyclic amines) is 1. The van der Waals surface area contributed by atoms with Crippen LogP contribution in [0.15, 0.2) is 57.4 Å². The number of thioether (sulfide) groups is 1. The first-order valence-electron chi connectivity index (χ1n) is 13.4. The van der Waals surface area contributed by atoms with Crippen molar-refractivity contribution in [1.82, 2.24) is 19.8 Å². The fourth-order valence-corrected chi connectivity index (χ4v) is 5.97. The number of benzene rings is 1. The van der Waals surface area contributed by atoms with Crippen molar-refractivity contribution < 1.29 is 14.0 Å². The van der Waals surface area contributed by atoms with Crippen molar-refractivity contribution in [2.24, 2.45) is 0 Å². The number of rotatable bonds is 10. The van der Waals surface area contributed by atoms with E-state index in [9.17, 15) is 9.59 Å². The monoisotopic (exact) mass is 582 g/mol. The topological polar surface area (TPSA) is 104 Å². The second kappa shape index (κ2) is 13.5. The summed E-state index contributed by atoms with van der Waals surface area (Å²) < 4.78 is 6.97. The molecule has 2 aromatic heterocycles. The number of hydrogen-bond acceptors (Lipinski definition) is 9. The van der Waals surface area contributed by atoms with Crippen LogP contribution in [0.5, 0.6) is 0 Å². The van der Waals surface area contributed by atoms with Gasteiger partial charge < -0.3 is 24.9 Å². The van der Waals surface area contributed by atoms with E-state index in [1.807, 2.05) is 36.3 Å². The fourth-order valence-electron chi connectivity index (χ4n) is 4.17. The zero-order chi connectivity index (χ0) is 28.7. The summed E-state index contributed by atoms with van der Waals surface area (Å²) in [7, 11) is 3.88. The van der Waals surface area contributed by atoms with Crippen LogP contribution in [0.1, 0.15) is 55.6 Å². The first-order valence-corrected chi connectivity index (χ1v) is 15.2. The Kier molecular flexibility index (Phi) is 10.0. The molecule has 0 aliphatic carbocycles. The van der Waals surface area contributed by atoms with Crippen LogP contribution < -0.4 is 10.6 Å². The lowest BCUT2D eigenvalue weighted by atomic mass is 9.94. The minimum atomic E-state index is -0.218. The number of piperidine rings is 1. The second-order valence-corrected chi connectivity index (χ2v) is 13.4. The number of hydrogen-bond donors (Lipinski definition) is 2. The number of oxazole rings is 1. The van der Waals surface area contributed by atoms with Gasteiger partial charge in [-0.3, -0.25) is 9.59 Å². The average molecular weight is 583 g/mol. The van der Waals surface area contributed by atoms with E-state index in [-0.39, 0.29) is 23.3 Å². The van der Waals surface area contributed by atoms with E-state index in [0.29, 0.717) is 42.5 Å². The number of carbonyl (C=O) groups excluding carboxylic acids is 2. The predicted molar refractivity (Wildman–Crippen MR) is 162 cm³/mol. The number of likely N-dealkylation sites (N-methyl/N-ethyl adjacent to an activating group) is 1. The van der Waals surface area contributed by atoms with Gasteiger partial charge >= 0.3 is 0 Å². The minimum absolute atomic E-state index is 0.0401. The highest BCUT2D eigenvalue weighted by atomic mass is 32.2. The molecular formula is C29H38N6O3S2. The van der Waals surface area contributed by atoms with Crippen LogP contribution in [-0.2, 0) is 16.0 Å². The third kappa shape index (κ3) is 8.67. The predicted octanol–water partition coefficient (Wildman–Crippen LogP) is 5.49. The van der Waals surface area contributed by atoms with Gasteiger partial charge in [0.1, 0.15) is 5.76 Å². The van der Waals surface area contributed by atoms with E-state index in [0.717, 1.165) is 27.9 Å². The van der Waals surface area contributed by atoms with Gasteiger partial charge in [-0.2, -0.15) is 0 Å². The third-order valence-corrected chi connectivity index (χ3v) is 8.38. The smallest absolute Gasteiger partial charge is 0.253 e. The fraction of sp³-hybridized carbons (Fsp3) is 0.448. The van der Waals surface area contributed by atoms with E-state index in [4.69, 9.17) is 4.42 Å². The van der Waals surface area contributed by atoms with Crippen LogP contribution in [0.2, 0.25) is 0 Å². The summed E-state index contributed by atoms with van der Waals surface area (Å²) in [5.74, 6) is 1.99. The highest BCUT2D eigenvalue weighted by Gasteiger charge is 2.25. The molecule has 1 aromatic carbocycles. The Bertz CT molecular complexity index is 1330. The molecule has 0 unspecified atom stereocenters. The largest absolute Gasteiger partial charge is 0.444 e. The Balaban J connectivity index is 1.29. The van der Waals surface area contributed by atoms with Crippen LogP contribution in [0.3, 0.4) is 0 Å². The number of aromatic nitrogens is 2. The summed E-state index contributed by atoms with van der Waals surface area (Å²) in [6.45, 7) is 8.29. The van der Waals surface area contributed by atoms with E-state index in [2.05, 4.69) is 41.4 Å². The zero-order valence-corrected chi connectivity index (χ0v) is 25.4. The van der Waals surface area contributed by atoms with Crippen molar-refractivity contribution >= 4 is 45.7 Å². The number of nitrogens with one attached hydrogen (secondary N) is 2. The summed E-state index contributed by atoms with van der Waals surface area (Å²) >= 11 is 3.25. The molecule has 3 aromatic rings. The van der Waals surface area contributed by atoms with E-state index in [1.165, 1.54) is 6.08 Å². The lowest BCUT2D eigenvalue weighted by Gasteiger charge is -2.33. The standard InChI is InChI=1S/C29H38N6O3S2/c1-29(2,3)23-16-30-25(38-23)19-39-26-17-31-28(40-26)33-22-11-7-14-35(18-22)27(37)20-9-6-10-21(15-20)32-24(36)12-8-13-34(4)5/h6,8-10,12,15-17,22H,7,11,13-14,18-19H2,1-5H3,(H,31,33)(H,32,36)/b12-8+/t22-/m1/s1. The molecule has 214 valence electrons. The quantitative estimate of drug-likeness (QED) is 0.239. The van der Waals surface area contributed by atoms with Gasteiger partial charge in [-0.1, -0.05) is 44.3 Å². The van der Waals surface area contributed by atoms with Gasteiger partial charge in [-0.25, -0.2) is 9.97 Å². The molecule has 1 aliphatic rings. The Morgan fingerprint density at radius 3 is 2.83 bits per heavy atom. The molecule has 0 bridgehead atoms. The highest BCUT2D eigenvalue weighted by Crippen LogP contribution is 2.32. The first kappa shape index (κ1) is 29.8. The maximum atomic E-state index is 13.3. The maximum Gasteiger partial charge on any atom is 0.253 e. The Labute approximate surface area is 244 Å². The van der Waals surface area contributed by atoms with Crippen LogP contribution in [0.4, 0.5) is 10.8 Å². The van der Waals surface area contributed by atoms with Crippen molar-refractivity contribution in [3.8, 4) is 0 Å². The van der Waals surface area contributed by atoms with Gasteiger partial charge in [0.25, 0.3) is 5.91 Å². The highest BCUT2D eigenvalue weighted by molar-refractivity contribution is 8.00. The van der Waals surface area contributed by atoms with Crippen molar-refractivity contribution in [3.05, 3.63) is 66.0 Å². The zero-order valence-electron chi connectivity index (χ0n) is 23.8. The van der Waals surface area contributed by atoms with Crippen molar-refractivity contribution in [2.45, 2.75) is 55.0 Å². The van der Waals surface area contributed by atoms with Crippen LogP contribution in [-0.4, -0.2) is 71.4 Å². The molecular weight excluding hydrogens is 544 g/mol. The minimum Gasteiger partial charge on any atom is -0.444 e. The van der Waals surface area contributed by atoms with Crippen LogP contribution in [0, 0.1) is 0 Å². The Morgan fingerprint density at radius 2 is 2.08 bits per heavy atom. The van der Waals surface area contributed by atoms with E-state index in [1.54, 1.807) is 53.4 Å². The number of carbonyl (C=O) groups is 2. The SMILES string of the molecule is CN(C)C/C=C/C(=O)Nc1cccc(C(=O)N2CCC[C@@H](Nc3ncc(SCc4ncc(C(C)(C)C)o4)s3)C2)c1. The molecule has 4 rings (SSSR count). The summed E-state index contributed by atoms with van der Waals surface area (Å²) in [5.41, 5.74) is 1.10. The van der Waals surface area contributed by atoms with Crippen LogP contribution in [0.25, 0.3) is 0 Å². The Hall–Kier alpha value is -3.15. The average Bonchev–Trinajstić information content (AvgIpc) is 3.57. The van der Waals surface area contributed by atoms with Gasteiger partial charge in [0.05, 0.1) is 22.4 Å². The van der Waals surface area contributed by atoms with Gasteiger partial charge in [0.15, 0.2) is 5.13 Å². The van der Waals surface area contributed by atoms with Gasteiger partial charge in [-0.15, -0.1) is 11.8 Å². The Morgan fingerprint density at radius 1 is 1.25 bits per heavy atom. The number of nitrogens with zero attached hydrogens (tertiary/aromatic N) is 4. The van der Waals surface area contributed by atoms with Gasteiger partial charge in [0.2, 0.25) is 11.8 Å². The number of amides is 2. The third-order valence-electron chi connectivity index (χ3n) is 6.27. The van der Waals surface area contributed by atoms with Gasteiger partial charge in [-0.05, 0) is 45.1 Å². The van der Waals surface area contributed by atoms with Crippen LogP contribution >= 0.6 is 23.1 Å². The molecule has 1 saturated heterocycles. The first-order chi connectivity index (χ1) is 19.1. The normalized spacial score (nSPS) is 16.1. The molecule has 11 heteroatoms. The lowest BCUT2D eigenvalue weighted by molar-refractivity contribution is -0.111. The number of anilines is 2. The van der Waals surface area contributed by atoms with Crippen molar-refractivity contribution in [3.63, 3.8) is 0 Å². The molecule has 1 fully saturated rings. The van der Waals surface area contributed by atoms with Crippen molar-refractivity contribution in [1.29, 1.82) is 0 Å². The van der Waals surface area contributed by atoms with Crippen molar-refractivity contribution in [2.75, 3.05) is 44.4 Å². The maximum absolute atomic E-state index is 13.3. The summed E-state index contributed by atoms with van der Waals surface area (Å²) in [4.78, 5) is 38.3. The van der Waals surface area contributed by atoms with Gasteiger partial charge in [0, 0.05) is 48.4 Å². The van der Waals surface area contributed by atoms with E-state index >= 15 is 0 Å². The summed E-state index contributed by atoms with van der Waals surface area (Å²) in [5, 5.41) is 7.20. The molecule has 9 nitrogen and oxygen atoms in total. The number of thiazole rings is 1. The lowest BCUT2D eigenvalue weighted by Crippen LogP contribution is -2.45. The molecule has 0 radical (unpaired) electrons. The molecule has 2 amide bonds. The molecule has 0 saturated carbocycles. The molecule has 40 heavy (non-hydrogen) atoms. The summed E-state index contributed by atoms with van der Waals surface area (Å²) in [6, 6.07) is 7.23. The van der Waals surface area contributed by atoms with E-state index < -0.39 is 0 Å². The molecule has 1 aliphatic heterocycles. The summed E-state index contributed by atoms with van der Waals surface area (Å²) in [6.07, 6.45) is 8.86.